The highest BCUT2D eigenvalue weighted by molar-refractivity contribution is 7.86. The fourth-order valence-corrected chi connectivity index (χ4v) is 3.13. The molecule has 0 unspecified atom stereocenters. The van der Waals surface area contributed by atoms with E-state index in [1.165, 1.54) is 26.2 Å². The van der Waals surface area contributed by atoms with E-state index in [4.69, 9.17) is 13.7 Å². The second kappa shape index (κ2) is 8.82. The summed E-state index contributed by atoms with van der Waals surface area (Å²) in [5, 5.41) is 0. The Bertz CT molecular complexity index is 856. The van der Waals surface area contributed by atoms with Crippen LogP contribution in [0.15, 0.2) is 47.4 Å². The van der Waals surface area contributed by atoms with Gasteiger partial charge < -0.3 is 9.47 Å². The largest absolute Gasteiger partial charge is 0.493 e. The number of Topliss-reactive ketones (excluding diaryl/α,β-unsaturated/α-hetero) is 1. The lowest BCUT2D eigenvalue weighted by molar-refractivity contribution is 0.101. The molecule has 0 heterocycles. The lowest BCUT2D eigenvalue weighted by Gasteiger charge is -2.11. The van der Waals surface area contributed by atoms with Gasteiger partial charge in [0.25, 0.3) is 10.1 Å². The summed E-state index contributed by atoms with van der Waals surface area (Å²) in [5.74, 6) is 0.870. The molecule has 0 bridgehead atoms. The minimum absolute atomic E-state index is 0.00402. The van der Waals surface area contributed by atoms with Crippen LogP contribution in [-0.4, -0.2) is 34.5 Å². The monoisotopic (exact) mass is 378 g/mol. The van der Waals surface area contributed by atoms with Crippen molar-refractivity contribution in [2.24, 2.45) is 0 Å². The Kier molecular flexibility index (Phi) is 6.76. The summed E-state index contributed by atoms with van der Waals surface area (Å²) < 4.78 is 39.9. The first-order valence-electron chi connectivity index (χ1n) is 8.11. The van der Waals surface area contributed by atoms with Gasteiger partial charge in [-0.05, 0) is 44.2 Å². The molecule has 0 aliphatic heterocycles. The first-order valence-corrected chi connectivity index (χ1v) is 9.52. The Morgan fingerprint density at radius 2 is 1.69 bits per heavy atom. The molecule has 0 spiro atoms. The molecule has 2 aromatic rings. The van der Waals surface area contributed by atoms with Crippen molar-refractivity contribution in [3.8, 4) is 11.5 Å². The summed E-state index contributed by atoms with van der Waals surface area (Å²) in [4.78, 5) is 11.5. The Balaban J connectivity index is 1.85. The number of hydrogen-bond acceptors (Lipinski definition) is 6. The molecule has 2 rings (SSSR count). The molecule has 0 radical (unpaired) electrons. The van der Waals surface area contributed by atoms with Crippen LogP contribution in [0.3, 0.4) is 0 Å². The van der Waals surface area contributed by atoms with Crippen LogP contribution in [0.4, 0.5) is 0 Å². The van der Waals surface area contributed by atoms with Crippen LogP contribution in [0.25, 0.3) is 0 Å². The van der Waals surface area contributed by atoms with Crippen molar-refractivity contribution < 1.29 is 26.9 Å². The molecule has 0 atom stereocenters. The van der Waals surface area contributed by atoms with Crippen molar-refractivity contribution in [1.82, 2.24) is 0 Å². The normalized spacial score (nSPS) is 11.2. The number of ketones is 1. The van der Waals surface area contributed by atoms with Gasteiger partial charge >= 0.3 is 0 Å². The fourth-order valence-electron chi connectivity index (χ4n) is 2.19. The van der Waals surface area contributed by atoms with E-state index in [0.29, 0.717) is 23.5 Å². The van der Waals surface area contributed by atoms with Crippen LogP contribution in [0, 0.1) is 6.92 Å². The van der Waals surface area contributed by atoms with Gasteiger partial charge in [-0.1, -0.05) is 17.7 Å². The molecular weight excluding hydrogens is 356 g/mol. The lowest BCUT2D eigenvalue weighted by atomic mass is 10.1. The van der Waals surface area contributed by atoms with Crippen molar-refractivity contribution in [1.29, 1.82) is 0 Å². The molecule has 0 aromatic heterocycles. The summed E-state index contributed by atoms with van der Waals surface area (Å²) >= 11 is 0. The highest BCUT2D eigenvalue weighted by atomic mass is 32.2. The highest BCUT2D eigenvalue weighted by Gasteiger charge is 2.14. The van der Waals surface area contributed by atoms with Gasteiger partial charge in [-0.2, -0.15) is 8.42 Å². The summed E-state index contributed by atoms with van der Waals surface area (Å²) in [5.41, 5.74) is 1.50. The molecule has 0 saturated carbocycles. The van der Waals surface area contributed by atoms with Crippen LogP contribution >= 0.6 is 0 Å². The van der Waals surface area contributed by atoms with Gasteiger partial charge in [0.2, 0.25) is 0 Å². The zero-order chi connectivity index (χ0) is 19.2. The fraction of sp³-hybridized carbons (Fsp3) is 0.316. The summed E-state index contributed by atoms with van der Waals surface area (Å²) in [6.45, 7) is 3.61. The predicted molar refractivity (Wildman–Crippen MR) is 97.4 cm³/mol. The van der Waals surface area contributed by atoms with Crippen molar-refractivity contribution in [3.63, 3.8) is 0 Å². The third-order valence-electron chi connectivity index (χ3n) is 3.66. The van der Waals surface area contributed by atoms with E-state index in [1.54, 1.807) is 30.3 Å². The van der Waals surface area contributed by atoms with Gasteiger partial charge in [0, 0.05) is 12.0 Å². The molecule has 0 aliphatic rings. The smallest absolute Gasteiger partial charge is 0.296 e. The first kappa shape index (κ1) is 19.9. The SMILES string of the molecule is COc1cc(C(C)=O)ccc1OCCCOS(=O)(=O)c1ccc(C)cc1. The van der Waals surface area contributed by atoms with E-state index >= 15 is 0 Å². The number of carbonyl (C=O) groups excluding carboxylic acids is 1. The number of methoxy groups -OCH3 is 1. The molecule has 6 nitrogen and oxygen atoms in total. The number of aryl methyl sites for hydroxylation is 1. The maximum Gasteiger partial charge on any atom is 0.296 e. The topological polar surface area (TPSA) is 78.9 Å². The molecule has 2 aromatic carbocycles. The molecule has 0 fully saturated rings. The maximum atomic E-state index is 12.1. The number of rotatable bonds is 9. The van der Waals surface area contributed by atoms with Gasteiger partial charge in [-0.25, -0.2) is 0 Å². The summed E-state index contributed by atoms with van der Waals surface area (Å²) in [6, 6.07) is 11.4. The Labute approximate surface area is 153 Å². The number of carbonyl (C=O) groups is 1. The van der Waals surface area contributed by atoms with Crippen LogP contribution in [-0.2, 0) is 14.3 Å². The Hall–Kier alpha value is -2.38. The third kappa shape index (κ3) is 5.31. The second-order valence-electron chi connectivity index (χ2n) is 5.71. The van der Waals surface area contributed by atoms with Crippen LogP contribution in [0.2, 0.25) is 0 Å². The zero-order valence-corrected chi connectivity index (χ0v) is 15.8. The maximum absolute atomic E-state index is 12.1. The first-order chi connectivity index (χ1) is 12.3. The van der Waals surface area contributed by atoms with Crippen molar-refractivity contribution in [3.05, 3.63) is 53.6 Å². The van der Waals surface area contributed by atoms with E-state index < -0.39 is 10.1 Å². The predicted octanol–water partition coefficient (Wildman–Crippen LogP) is 3.38. The van der Waals surface area contributed by atoms with Gasteiger partial charge in [-0.15, -0.1) is 0 Å². The summed E-state index contributed by atoms with van der Waals surface area (Å²) in [6.07, 6.45) is 0.378. The number of ether oxygens (including phenoxy) is 2. The number of benzene rings is 2. The van der Waals surface area contributed by atoms with Gasteiger partial charge in [-0.3, -0.25) is 8.98 Å². The van der Waals surface area contributed by atoms with E-state index in [2.05, 4.69) is 0 Å². The molecule has 26 heavy (non-hydrogen) atoms. The molecule has 0 saturated heterocycles. The molecule has 0 N–H and O–H groups in total. The molecule has 0 aliphatic carbocycles. The third-order valence-corrected chi connectivity index (χ3v) is 4.99. The Morgan fingerprint density at radius 1 is 1.00 bits per heavy atom. The second-order valence-corrected chi connectivity index (χ2v) is 7.33. The van der Waals surface area contributed by atoms with Crippen LogP contribution < -0.4 is 9.47 Å². The number of hydrogen-bond donors (Lipinski definition) is 0. The van der Waals surface area contributed by atoms with Gasteiger partial charge in [0.05, 0.1) is 25.2 Å². The molecule has 7 heteroatoms. The standard InChI is InChI=1S/C19H22O6S/c1-14-5-8-17(9-6-14)26(21,22)25-12-4-11-24-18-10-7-16(15(2)20)13-19(18)23-3/h5-10,13H,4,11-12H2,1-3H3. The lowest BCUT2D eigenvalue weighted by Crippen LogP contribution is -2.10. The Morgan fingerprint density at radius 3 is 2.31 bits per heavy atom. The van der Waals surface area contributed by atoms with E-state index in [9.17, 15) is 13.2 Å². The molecule has 140 valence electrons. The average Bonchev–Trinajstić information content (AvgIpc) is 2.61. The minimum Gasteiger partial charge on any atom is -0.493 e. The summed E-state index contributed by atoms with van der Waals surface area (Å²) in [7, 11) is -2.28. The van der Waals surface area contributed by atoms with E-state index in [1.807, 2.05) is 6.92 Å². The van der Waals surface area contributed by atoms with Gasteiger partial charge in [0.15, 0.2) is 17.3 Å². The van der Waals surface area contributed by atoms with E-state index in [-0.39, 0.29) is 23.9 Å². The quantitative estimate of drug-likeness (QED) is 0.378. The molecule has 0 amide bonds. The minimum atomic E-state index is -3.77. The van der Waals surface area contributed by atoms with Gasteiger partial charge in [0.1, 0.15) is 0 Å². The van der Waals surface area contributed by atoms with Crippen molar-refractivity contribution in [2.45, 2.75) is 25.2 Å². The highest BCUT2D eigenvalue weighted by Crippen LogP contribution is 2.28. The van der Waals surface area contributed by atoms with E-state index in [0.717, 1.165) is 5.56 Å². The van der Waals surface area contributed by atoms with Crippen molar-refractivity contribution in [2.75, 3.05) is 20.3 Å². The zero-order valence-electron chi connectivity index (χ0n) is 15.0. The van der Waals surface area contributed by atoms with Crippen LogP contribution in [0.1, 0.15) is 29.3 Å². The van der Waals surface area contributed by atoms with Crippen molar-refractivity contribution >= 4 is 15.9 Å². The molecular formula is C19H22O6S. The van der Waals surface area contributed by atoms with Crippen LogP contribution in [0.5, 0.6) is 11.5 Å². The average molecular weight is 378 g/mol.